The third kappa shape index (κ3) is 5.78. The average Bonchev–Trinajstić information content (AvgIpc) is 3.11. The summed E-state index contributed by atoms with van der Waals surface area (Å²) in [5.41, 5.74) is 2.97. The minimum atomic E-state index is 0.0666. The number of aryl methyl sites for hydroxylation is 1. The van der Waals surface area contributed by atoms with Crippen LogP contribution in [0, 0.1) is 6.92 Å². The van der Waals surface area contributed by atoms with Gasteiger partial charge >= 0.3 is 0 Å². The van der Waals surface area contributed by atoms with Gasteiger partial charge in [-0.05, 0) is 45.4 Å². The molecule has 1 N–H and O–H groups in total. The van der Waals surface area contributed by atoms with Gasteiger partial charge in [0.1, 0.15) is 0 Å². The fourth-order valence-electron chi connectivity index (χ4n) is 2.90. The Morgan fingerprint density at radius 1 is 1.10 bits per heavy atom. The van der Waals surface area contributed by atoms with Crippen molar-refractivity contribution in [2.24, 2.45) is 0 Å². The summed E-state index contributed by atoms with van der Waals surface area (Å²) in [7, 11) is 0. The molecule has 1 heterocycles. The van der Waals surface area contributed by atoms with Gasteiger partial charge < -0.3 is 5.32 Å². The van der Waals surface area contributed by atoms with Crippen LogP contribution in [0.3, 0.4) is 0 Å². The lowest BCUT2D eigenvalue weighted by atomic mass is 10.1. The summed E-state index contributed by atoms with van der Waals surface area (Å²) in [5, 5.41) is 13.5. The number of rotatable bonds is 8. The van der Waals surface area contributed by atoms with E-state index >= 15 is 0 Å². The molecule has 0 saturated carbocycles. The molecular formula is C22H24Cl2N4OS. The van der Waals surface area contributed by atoms with Crippen molar-refractivity contribution >= 4 is 40.9 Å². The molecule has 0 aliphatic heterocycles. The Balaban J connectivity index is 1.85. The Hall–Kier alpha value is -2.02. The number of halogens is 2. The standard InChI is InChI=1S/C22H24Cl2N4OS/c1-14(2)25-20(29)5-4-12-30-22-27-26-21(16-8-6-15(3)7-9-16)28(22)17-10-11-18(23)19(24)13-17/h6-11,13-14H,4-5,12H2,1-3H3,(H,25,29). The molecule has 30 heavy (non-hydrogen) atoms. The smallest absolute Gasteiger partial charge is 0.220 e. The van der Waals surface area contributed by atoms with Gasteiger partial charge in [0, 0.05) is 23.8 Å². The molecule has 158 valence electrons. The van der Waals surface area contributed by atoms with Crippen LogP contribution in [0.4, 0.5) is 0 Å². The van der Waals surface area contributed by atoms with Crippen molar-refractivity contribution in [3.8, 4) is 17.1 Å². The van der Waals surface area contributed by atoms with E-state index in [1.165, 1.54) is 5.56 Å². The Bertz CT molecular complexity index is 1020. The van der Waals surface area contributed by atoms with Gasteiger partial charge in [-0.2, -0.15) is 0 Å². The maximum absolute atomic E-state index is 11.9. The van der Waals surface area contributed by atoms with Gasteiger partial charge in [0.05, 0.1) is 15.7 Å². The van der Waals surface area contributed by atoms with Gasteiger partial charge in [-0.3, -0.25) is 9.36 Å². The lowest BCUT2D eigenvalue weighted by Crippen LogP contribution is -2.29. The number of aromatic nitrogens is 3. The predicted molar refractivity (Wildman–Crippen MR) is 125 cm³/mol. The molecule has 1 aromatic heterocycles. The van der Waals surface area contributed by atoms with Crippen LogP contribution in [0.1, 0.15) is 32.3 Å². The molecule has 0 fully saturated rings. The molecule has 1 amide bonds. The summed E-state index contributed by atoms with van der Waals surface area (Å²) >= 11 is 13.9. The third-order valence-electron chi connectivity index (χ3n) is 4.33. The number of hydrogen-bond donors (Lipinski definition) is 1. The molecule has 2 aromatic carbocycles. The van der Waals surface area contributed by atoms with E-state index in [-0.39, 0.29) is 11.9 Å². The predicted octanol–water partition coefficient (Wildman–Crippen LogP) is 5.95. The van der Waals surface area contributed by atoms with E-state index in [1.807, 2.05) is 61.7 Å². The number of carbonyl (C=O) groups is 1. The second kappa shape index (κ2) is 10.3. The Labute approximate surface area is 191 Å². The van der Waals surface area contributed by atoms with E-state index < -0.39 is 0 Å². The Kier molecular flexibility index (Phi) is 7.81. The van der Waals surface area contributed by atoms with Gasteiger partial charge in [0.15, 0.2) is 11.0 Å². The fourth-order valence-corrected chi connectivity index (χ4v) is 4.08. The molecule has 8 heteroatoms. The Morgan fingerprint density at radius 2 is 1.83 bits per heavy atom. The first kappa shape index (κ1) is 22.7. The third-order valence-corrected chi connectivity index (χ3v) is 6.09. The van der Waals surface area contributed by atoms with Crippen LogP contribution in [-0.4, -0.2) is 32.5 Å². The molecule has 0 unspecified atom stereocenters. The number of amides is 1. The zero-order chi connectivity index (χ0) is 21.7. The van der Waals surface area contributed by atoms with Crippen molar-refractivity contribution in [1.29, 1.82) is 0 Å². The molecule has 0 aliphatic carbocycles. The van der Waals surface area contributed by atoms with E-state index in [1.54, 1.807) is 17.8 Å². The van der Waals surface area contributed by atoms with Crippen molar-refractivity contribution in [3.05, 3.63) is 58.1 Å². The molecular weight excluding hydrogens is 439 g/mol. The molecule has 0 radical (unpaired) electrons. The van der Waals surface area contributed by atoms with Crippen LogP contribution in [0.2, 0.25) is 10.0 Å². The zero-order valence-corrected chi connectivity index (χ0v) is 19.5. The summed E-state index contributed by atoms with van der Waals surface area (Å²) in [5.74, 6) is 1.55. The number of benzene rings is 2. The highest BCUT2D eigenvalue weighted by Crippen LogP contribution is 2.31. The second-order valence-electron chi connectivity index (χ2n) is 7.28. The van der Waals surface area contributed by atoms with Crippen LogP contribution in [0.5, 0.6) is 0 Å². The minimum absolute atomic E-state index is 0.0666. The number of nitrogens with one attached hydrogen (secondary N) is 1. The number of hydrogen-bond acceptors (Lipinski definition) is 4. The molecule has 3 aromatic rings. The van der Waals surface area contributed by atoms with Crippen molar-refractivity contribution in [1.82, 2.24) is 20.1 Å². The highest BCUT2D eigenvalue weighted by Gasteiger charge is 2.17. The first-order valence-corrected chi connectivity index (χ1v) is 11.5. The number of nitrogens with zero attached hydrogens (tertiary/aromatic N) is 3. The molecule has 0 saturated heterocycles. The van der Waals surface area contributed by atoms with Crippen LogP contribution in [0.25, 0.3) is 17.1 Å². The van der Waals surface area contributed by atoms with Crippen LogP contribution < -0.4 is 5.32 Å². The lowest BCUT2D eigenvalue weighted by molar-refractivity contribution is -0.121. The highest BCUT2D eigenvalue weighted by molar-refractivity contribution is 7.99. The molecule has 0 spiro atoms. The average molecular weight is 463 g/mol. The van der Waals surface area contributed by atoms with Crippen LogP contribution >= 0.6 is 35.0 Å². The SMILES string of the molecule is Cc1ccc(-c2nnc(SCCCC(=O)NC(C)C)n2-c2ccc(Cl)c(Cl)c2)cc1. The van der Waals surface area contributed by atoms with Gasteiger partial charge in [-0.15, -0.1) is 10.2 Å². The molecule has 0 bridgehead atoms. The Morgan fingerprint density at radius 3 is 2.50 bits per heavy atom. The monoisotopic (exact) mass is 462 g/mol. The summed E-state index contributed by atoms with van der Waals surface area (Å²) < 4.78 is 1.98. The normalized spacial score (nSPS) is 11.1. The van der Waals surface area contributed by atoms with Gasteiger partial charge in [0.2, 0.25) is 5.91 Å². The van der Waals surface area contributed by atoms with Crippen molar-refractivity contribution in [3.63, 3.8) is 0 Å². The topological polar surface area (TPSA) is 59.8 Å². The number of carbonyl (C=O) groups excluding carboxylic acids is 1. The summed E-state index contributed by atoms with van der Waals surface area (Å²) in [6.45, 7) is 5.96. The molecule has 0 aliphatic rings. The van der Waals surface area contributed by atoms with E-state index in [2.05, 4.69) is 15.5 Å². The van der Waals surface area contributed by atoms with Crippen molar-refractivity contribution < 1.29 is 4.79 Å². The first-order valence-electron chi connectivity index (χ1n) is 9.75. The van der Waals surface area contributed by atoms with Crippen LogP contribution in [-0.2, 0) is 4.79 Å². The quantitative estimate of drug-likeness (QED) is 0.332. The summed E-state index contributed by atoms with van der Waals surface area (Å²) in [6, 6.07) is 13.8. The molecule has 5 nitrogen and oxygen atoms in total. The number of thioether (sulfide) groups is 1. The van der Waals surface area contributed by atoms with Gasteiger partial charge in [-0.25, -0.2) is 0 Å². The minimum Gasteiger partial charge on any atom is -0.354 e. The van der Waals surface area contributed by atoms with Gasteiger partial charge in [-0.1, -0.05) is 64.8 Å². The van der Waals surface area contributed by atoms with E-state index in [9.17, 15) is 4.79 Å². The maximum Gasteiger partial charge on any atom is 0.220 e. The molecule has 3 rings (SSSR count). The van der Waals surface area contributed by atoms with E-state index in [4.69, 9.17) is 23.2 Å². The van der Waals surface area contributed by atoms with Crippen molar-refractivity contribution in [2.45, 2.75) is 44.8 Å². The largest absolute Gasteiger partial charge is 0.354 e. The highest BCUT2D eigenvalue weighted by atomic mass is 35.5. The summed E-state index contributed by atoms with van der Waals surface area (Å²) in [6.07, 6.45) is 1.23. The summed E-state index contributed by atoms with van der Waals surface area (Å²) in [4.78, 5) is 11.9. The van der Waals surface area contributed by atoms with Crippen LogP contribution in [0.15, 0.2) is 47.6 Å². The first-order chi connectivity index (χ1) is 14.3. The van der Waals surface area contributed by atoms with Gasteiger partial charge in [0.25, 0.3) is 0 Å². The zero-order valence-electron chi connectivity index (χ0n) is 17.2. The lowest BCUT2D eigenvalue weighted by Gasteiger charge is -2.12. The van der Waals surface area contributed by atoms with Crippen molar-refractivity contribution in [2.75, 3.05) is 5.75 Å². The second-order valence-corrected chi connectivity index (χ2v) is 9.16. The molecule has 0 atom stereocenters. The van der Waals surface area contributed by atoms with E-state index in [0.717, 1.165) is 34.4 Å². The fraction of sp³-hybridized carbons (Fsp3) is 0.318. The maximum atomic E-state index is 11.9. The van der Waals surface area contributed by atoms with E-state index in [0.29, 0.717) is 16.5 Å².